The van der Waals surface area contributed by atoms with Gasteiger partial charge in [-0.2, -0.15) is 0 Å². The first-order valence-corrected chi connectivity index (χ1v) is 8.25. The third-order valence-corrected chi connectivity index (χ3v) is 3.83. The number of benzene rings is 2. The Bertz CT molecular complexity index is 804. The van der Waals surface area contributed by atoms with Crippen molar-refractivity contribution >= 4 is 17.8 Å². The fourth-order valence-electron chi connectivity index (χ4n) is 2.34. The lowest BCUT2D eigenvalue weighted by Gasteiger charge is -2.10. The molecule has 0 bridgehead atoms. The molecule has 0 aliphatic rings. The molecule has 0 saturated heterocycles. The first-order valence-electron chi connectivity index (χ1n) is 8.25. The second-order valence-corrected chi connectivity index (χ2v) is 6.07. The Kier molecular flexibility index (Phi) is 6.55. The van der Waals surface area contributed by atoms with Crippen LogP contribution in [0.5, 0.6) is 11.5 Å². The number of ketones is 1. The number of hydrogen-bond donors (Lipinski definition) is 1. The Hall–Kier alpha value is -3.08. The van der Waals surface area contributed by atoms with Crippen LogP contribution in [0.15, 0.2) is 48.5 Å². The minimum Gasteiger partial charge on any atom is -0.493 e. The van der Waals surface area contributed by atoms with E-state index in [0.717, 1.165) is 5.56 Å². The van der Waals surface area contributed by atoms with E-state index in [0.29, 0.717) is 17.2 Å². The second-order valence-electron chi connectivity index (χ2n) is 6.07. The molecule has 2 aromatic rings. The minimum absolute atomic E-state index is 0.180. The van der Waals surface area contributed by atoms with Crippen LogP contribution in [0.1, 0.15) is 41.3 Å². The zero-order chi connectivity index (χ0) is 19.1. The lowest BCUT2D eigenvalue weighted by atomic mass is 10.0. The van der Waals surface area contributed by atoms with Gasteiger partial charge in [-0.3, -0.25) is 4.79 Å². The van der Waals surface area contributed by atoms with Crippen LogP contribution in [0.3, 0.4) is 0 Å². The average molecular weight is 354 g/mol. The summed E-state index contributed by atoms with van der Waals surface area (Å²) in [5.41, 5.74) is 2.62. The topological polar surface area (TPSA) is 72.8 Å². The summed E-state index contributed by atoms with van der Waals surface area (Å²) in [6.45, 7) is 3.78. The lowest BCUT2D eigenvalue weighted by Crippen LogP contribution is -2.10. The van der Waals surface area contributed by atoms with Gasteiger partial charge < -0.3 is 14.6 Å². The number of rotatable bonds is 8. The van der Waals surface area contributed by atoms with Gasteiger partial charge >= 0.3 is 5.97 Å². The van der Waals surface area contributed by atoms with E-state index in [1.54, 1.807) is 12.1 Å². The van der Waals surface area contributed by atoms with Gasteiger partial charge in [0.25, 0.3) is 0 Å². The quantitative estimate of drug-likeness (QED) is 0.569. The predicted molar refractivity (Wildman–Crippen MR) is 100 cm³/mol. The number of ether oxygens (including phenoxy) is 2. The molecule has 0 saturated carbocycles. The molecule has 0 unspecified atom stereocenters. The summed E-state index contributed by atoms with van der Waals surface area (Å²) in [6.07, 6.45) is 3.25. The van der Waals surface area contributed by atoms with E-state index >= 15 is 0 Å². The number of carboxylic acids is 1. The molecule has 0 atom stereocenters. The smallest absolute Gasteiger partial charge is 0.341 e. The molecule has 0 spiro atoms. The van der Waals surface area contributed by atoms with Crippen molar-refractivity contribution in [2.45, 2.75) is 19.8 Å². The molecule has 136 valence electrons. The first-order chi connectivity index (χ1) is 12.4. The molecule has 26 heavy (non-hydrogen) atoms. The Morgan fingerprint density at radius 2 is 1.77 bits per heavy atom. The molecule has 0 aliphatic carbocycles. The van der Waals surface area contributed by atoms with E-state index in [1.807, 2.05) is 24.3 Å². The fourth-order valence-corrected chi connectivity index (χ4v) is 2.34. The number of carboxylic acid groups (broad SMARTS) is 1. The Morgan fingerprint density at radius 3 is 2.35 bits per heavy atom. The van der Waals surface area contributed by atoms with E-state index < -0.39 is 12.6 Å². The van der Waals surface area contributed by atoms with E-state index in [1.165, 1.54) is 30.9 Å². The Morgan fingerprint density at radius 1 is 1.08 bits per heavy atom. The number of carbonyl (C=O) groups is 2. The van der Waals surface area contributed by atoms with Gasteiger partial charge in [-0.15, -0.1) is 0 Å². The zero-order valence-corrected chi connectivity index (χ0v) is 15.1. The SMILES string of the molecule is COc1cc(C(=O)/C=C/c2ccc(C(C)C)cc2)ccc1OCC(=O)O. The Balaban J connectivity index is 2.12. The predicted octanol–water partition coefficient (Wildman–Crippen LogP) is 4.18. The van der Waals surface area contributed by atoms with Crippen molar-refractivity contribution < 1.29 is 24.2 Å². The van der Waals surface area contributed by atoms with Crippen LogP contribution >= 0.6 is 0 Å². The van der Waals surface area contributed by atoms with Crippen molar-refractivity contribution in [2.75, 3.05) is 13.7 Å². The van der Waals surface area contributed by atoms with Gasteiger partial charge in [0.2, 0.25) is 0 Å². The maximum absolute atomic E-state index is 12.4. The maximum Gasteiger partial charge on any atom is 0.341 e. The van der Waals surface area contributed by atoms with Crippen LogP contribution < -0.4 is 9.47 Å². The van der Waals surface area contributed by atoms with Crippen LogP contribution in [-0.4, -0.2) is 30.6 Å². The van der Waals surface area contributed by atoms with Gasteiger partial charge in [-0.05, 0) is 41.3 Å². The number of aliphatic carboxylic acids is 1. The molecule has 0 aliphatic heterocycles. The highest BCUT2D eigenvalue weighted by atomic mass is 16.5. The fraction of sp³-hybridized carbons (Fsp3) is 0.238. The van der Waals surface area contributed by atoms with E-state index in [2.05, 4.69) is 13.8 Å². The van der Waals surface area contributed by atoms with E-state index in [4.69, 9.17) is 14.6 Å². The summed E-state index contributed by atoms with van der Waals surface area (Å²) in [6, 6.07) is 12.7. The maximum atomic E-state index is 12.4. The van der Waals surface area contributed by atoms with Crippen molar-refractivity contribution in [2.24, 2.45) is 0 Å². The molecule has 5 nitrogen and oxygen atoms in total. The van der Waals surface area contributed by atoms with Gasteiger partial charge in [0.1, 0.15) is 0 Å². The van der Waals surface area contributed by atoms with Crippen LogP contribution in [0.2, 0.25) is 0 Å². The standard InChI is InChI=1S/C21H22O5/c1-14(2)16-7-4-15(5-8-16)6-10-18(22)17-9-11-19(20(12-17)25-3)26-13-21(23)24/h4-12,14H,13H2,1-3H3,(H,23,24)/b10-6+. The lowest BCUT2D eigenvalue weighted by molar-refractivity contribution is -0.139. The van der Waals surface area contributed by atoms with Crippen molar-refractivity contribution in [1.82, 2.24) is 0 Å². The summed E-state index contributed by atoms with van der Waals surface area (Å²) < 4.78 is 10.3. The van der Waals surface area contributed by atoms with E-state index in [9.17, 15) is 9.59 Å². The van der Waals surface area contributed by atoms with Crippen molar-refractivity contribution in [3.63, 3.8) is 0 Å². The van der Waals surface area contributed by atoms with Crippen LogP contribution in [0, 0.1) is 0 Å². The summed E-state index contributed by atoms with van der Waals surface area (Å²) in [7, 11) is 1.43. The first kappa shape index (κ1) is 19.2. The monoisotopic (exact) mass is 354 g/mol. The van der Waals surface area contributed by atoms with Crippen LogP contribution in [0.25, 0.3) is 6.08 Å². The molecular formula is C21H22O5. The summed E-state index contributed by atoms with van der Waals surface area (Å²) >= 11 is 0. The van der Waals surface area contributed by atoms with Crippen molar-refractivity contribution in [3.8, 4) is 11.5 Å². The molecule has 5 heteroatoms. The Labute approximate surface area is 152 Å². The molecule has 0 amide bonds. The molecular weight excluding hydrogens is 332 g/mol. The largest absolute Gasteiger partial charge is 0.493 e. The average Bonchev–Trinajstić information content (AvgIpc) is 2.64. The number of hydrogen-bond acceptors (Lipinski definition) is 4. The highest BCUT2D eigenvalue weighted by Gasteiger charge is 2.10. The molecule has 2 aromatic carbocycles. The third kappa shape index (κ3) is 5.21. The van der Waals surface area contributed by atoms with Crippen LogP contribution in [-0.2, 0) is 4.79 Å². The summed E-state index contributed by atoms with van der Waals surface area (Å²) in [4.78, 5) is 23.0. The highest BCUT2D eigenvalue weighted by molar-refractivity contribution is 6.07. The van der Waals surface area contributed by atoms with Crippen LogP contribution in [0.4, 0.5) is 0 Å². The van der Waals surface area contributed by atoms with Crippen molar-refractivity contribution in [3.05, 3.63) is 65.2 Å². The number of methoxy groups -OCH3 is 1. The molecule has 0 fully saturated rings. The van der Waals surface area contributed by atoms with Gasteiger partial charge in [0.15, 0.2) is 23.9 Å². The van der Waals surface area contributed by atoms with Gasteiger partial charge in [0.05, 0.1) is 7.11 Å². The number of carbonyl (C=O) groups excluding carboxylic acids is 1. The van der Waals surface area contributed by atoms with E-state index in [-0.39, 0.29) is 11.5 Å². The number of allylic oxidation sites excluding steroid dienone is 1. The molecule has 0 radical (unpaired) electrons. The summed E-state index contributed by atoms with van der Waals surface area (Å²) in [5, 5.41) is 8.68. The molecule has 2 rings (SSSR count). The molecule has 0 aromatic heterocycles. The van der Waals surface area contributed by atoms with Gasteiger partial charge in [0, 0.05) is 5.56 Å². The zero-order valence-electron chi connectivity index (χ0n) is 15.1. The van der Waals surface area contributed by atoms with Gasteiger partial charge in [-0.1, -0.05) is 44.2 Å². The summed E-state index contributed by atoms with van der Waals surface area (Å²) in [5.74, 6) is -0.213. The second kappa shape index (κ2) is 8.85. The highest BCUT2D eigenvalue weighted by Crippen LogP contribution is 2.28. The molecule has 0 heterocycles. The van der Waals surface area contributed by atoms with Gasteiger partial charge in [-0.25, -0.2) is 4.79 Å². The molecule has 1 N–H and O–H groups in total. The third-order valence-electron chi connectivity index (χ3n) is 3.83. The minimum atomic E-state index is -1.08. The van der Waals surface area contributed by atoms with Crippen molar-refractivity contribution in [1.29, 1.82) is 0 Å². The normalized spacial score (nSPS) is 10.9.